The number of carbonyl (C=O) groups excluding carboxylic acids is 1. The Balaban J connectivity index is 2.08. The van der Waals surface area contributed by atoms with Crippen LogP contribution in [0.3, 0.4) is 0 Å². The van der Waals surface area contributed by atoms with Gasteiger partial charge in [-0.1, -0.05) is 60.7 Å². The number of nitrogens with two attached hydrogens (primary N) is 1. The van der Waals surface area contributed by atoms with Crippen molar-refractivity contribution in [1.29, 1.82) is 0 Å². The minimum atomic E-state index is -0.530. The minimum Gasteiger partial charge on any atom is -0.364 e. The zero-order valence-electron chi connectivity index (χ0n) is 12.9. The van der Waals surface area contributed by atoms with Crippen LogP contribution in [0.4, 0.5) is 0 Å². The predicted octanol–water partition coefficient (Wildman–Crippen LogP) is 3.79. The molecule has 0 radical (unpaired) electrons. The van der Waals surface area contributed by atoms with Gasteiger partial charge >= 0.3 is 0 Å². The smallest absolute Gasteiger partial charge is 0.269 e. The highest BCUT2D eigenvalue weighted by Crippen LogP contribution is 2.32. The monoisotopic (exact) mass is 313 g/mol. The number of amides is 1. The number of fused-ring (bicyclic) bond motifs is 1. The summed E-state index contributed by atoms with van der Waals surface area (Å²) in [5.41, 5.74) is 9.61. The predicted molar refractivity (Wildman–Crippen MR) is 95.0 cm³/mol. The molecule has 0 unspecified atom stereocenters. The highest BCUT2D eigenvalue weighted by Gasteiger charge is 2.19. The van der Waals surface area contributed by atoms with E-state index in [2.05, 4.69) is 5.10 Å². The maximum Gasteiger partial charge on any atom is 0.269 e. The van der Waals surface area contributed by atoms with E-state index in [0.717, 1.165) is 27.7 Å². The number of hydrogen-bond donors (Lipinski definition) is 1. The Morgan fingerprint density at radius 1 is 0.833 bits per heavy atom. The summed E-state index contributed by atoms with van der Waals surface area (Å²) >= 11 is 0. The van der Waals surface area contributed by atoms with Crippen LogP contribution in [0.2, 0.25) is 0 Å². The van der Waals surface area contributed by atoms with Crippen molar-refractivity contribution in [3.8, 4) is 16.8 Å². The molecule has 24 heavy (non-hydrogen) atoms. The summed E-state index contributed by atoms with van der Waals surface area (Å²) in [5.74, 6) is -0.530. The molecule has 0 spiro atoms. The molecule has 116 valence electrons. The molecule has 0 bridgehead atoms. The van der Waals surface area contributed by atoms with Crippen molar-refractivity contribution < 1.29 is 4.79 Å². The number of hydrogen-bond acceptors (Lipinski definition) is 2. The van der Waals surface area contributed by atoms with Crippen LogP contribution < -0.4 is 5.73 Å². The third-order valence-corrected chi connectivity index (χ3v) is 4.03. The van der Waals surface area contributed by atoms with Crippen LogP contribution in [0, 0.1) is 0 Å². The van der Waals surface area contributed by atoms with Crippen LogP contribution >= 0.6 is 0 Å². The molecule has 0 aliphatic rings. The Morgan fingerprint density at radius 3 is 2.17 bits per heavy atom. The van der Waals surface area contributed by atoms with Gasteiger partial charge in [0, 0.05) is 5.39 Å². The molecule has 1 aromatic heterocycles. The van der Waals surface area contributed by atoms with Crippen LogP contribution in [0.5, 0.6) is 0 Å². The molecule has 0 fully saturated rings. The molecule has 4 aromatic rings. The van der Waals surface area contributed by atoms with E-state index < -0.39 is 5.91 Å². The fraction of sp³-hybridized carbons (Fsp3) is 0. The van der Waals surface area contributed by atoms with Crippen molar-refractivity contribution in [1.82, 2.24) is 9.78 Å². The molecule has 0 saturated heterocycles. The number of primary amides is 1. The summed E-state index contributed by atoms with van der Waals surface area (Å²) in [6, 6.07) is 25.6. The van der Waals surface area contributed by atoms with Crippen molar-refractivity contribution in [3.05, 3.63) is 84.6 Å². The second kappa shape index (κ2) is 5.66. The van der Waals surface area contributed by atoms with Crippen LogP contribution in [-0.2, 0) is 0 Å². The van der Waals surface area contributed by atoms with Crippen molar-refractivity contribution in [2.24, 2.45) is 5.73 Å². The third kappa shape index (κ3) is 2.25. The van der Waals surface area contributed by atoms with E-state index in [0.29, 0.717) is 0 Å². The van der Waals surface area contributed by atoms with Gasteiger partial charge in [0.1, 0.15) is 0 Å². The summed E-state index contributed by atoms with van der Waals surface area (Å²) < 4.78 is 1.77. The molecule has 0 saturated carbocycles. The summed E-state index contributed by atoms with van der Waals surface area (Å²) in [6.07, 6.45) is 0. The van der Waals surface area contributed by atoms with Crippen LogP contribution in [-0.4, -0.2) is 15.7 Å². The van der Waals surface area contributed by atoms with Crippen LogP contribution in [0.25, 0.3) is 27.7 Å². The Morgan fingerprint density at radius 2 is 1.50 bits per heavy atom. The Hall–Kier alpha value is -3.40. The van der Waals surface area contributed by atoms with Gasteiger partial charge in [-0.25, -0.2) is 4.68 Å². The van der Waals surface area contributed by atoms with Crippen LogP contribution in [0.1, 0.15) is 10.5 Å². The molecule has 3 aromatic carbocycles. The third-order valence-electron chi connectivity index (χ3n) is 4.03. The Labute approximate surface area is 139 Å². The first-order valence-electron chi connectivity index (χ1n) is 7.68. The van der Waals surface area contributed by atoms with Crippen LogP contribution in [0.15, 0.2) is 78.9 Å². The molecule has 0 aliphatic carbocycles. The second-order valence-electron chi connectivity index (χ2n) is 5.53. The molecule has 2 N–H and O–H groups in total. The van der Waals surface area contributed by atoms with Gasteiger partial charge < -0.3 is 5.73 Å². The summed E-state index contributed by atoms with van der Waals surface area (Å²) in [5, 5.41) is 5.27. The van der Waals surface area contributed by atoms with Crippen molar-refractivity contribution in [3.63, 3.8) is 0 Å². The second-order valence-corrected chi connectivity index (χ2v) is 5.53. The van der Waals surface area contributed by atoms with E-state index in [4.69, 9.17) is 5.73 Å². The van der Waals surface area contributed by atoms with Crippen molar-refractivity contribution in [2.75, 3.05) is 0 Å². The number of para-hydroxylation sites is 1. The molecule has 4 heteroatoms. The molecule has 1 amide bonds. The Kier molecular flexibility index (Phi) is 3.35. The van der Waals surface area contributed by atoms with Gasteiger partial charge in [-0.15, -0.1) is 0 Å². The Bertz CT molecular complexity index is 1020. The van der Waals surface area contributed by atoms with Crippen molar-refractivity contribution in [2.45, 2.75) is 0 Å². The average Bonchev–Trinajstić information content (AvgIpc) is 3.03. The van der Waals surface area contributed by atoms with E-state index in [1.165, 1.54) is 0 Å². The SMILES string of the molecule is NC(=O)c1nn(-c2ccccc2)c2cccc(-c3ccccc3)c12. The zero-order chi connectivity index (χ0) is 16.5. The zero-order valence-corrected chi connectivity index (χ0v) is 12.9. The van der Waals surface area contributed by atoms with E-state index in [1.807, 2.05) is 78.9 Å². The number of carbonyl (C=O) groups is 1. The summed E-state index contributed by atoms with van der Waals surface area (Å²) in [7, 11) is 0. The molecule has 4 rings (SSSR count). The van der Waals surface area contributed by atoms with Gasteiger partial charge in [-0.3, -0.25) is 4.79 Å². The van der Waals surface area contributed by atoms with E-state index in [1.54, 1.807) is 4.68 Å². The minimum absolute atomic E-state index is 0.285. The normalized spacial score (nSPS) is 10.8. The lowest BCUT2D eigenvalue weighted by atomic mass is 10.00. The average molecular weight is 313 g/mol. The lowest BCUT2D eigenvalue weighted by Gasteiger charge is -2.06. The number of aromatic nitrogens is 2. The highest BCUT2D eigenvalue weighted by molar-refractivity contribution is 6.10. The largest absolute Gasteiger partial charge is 0.364 e. The molecular weight excluding hydrogens is 298 g/mol. The maximum atomic E-state index is 12.0. The van der Waals surface area contributed by atoms with Gasteiger partial charge in [-0.2, -0.15) is 5.10 Å². The van der Waals surface area contributed by atoms with E-state index in [9.17, 15) is 4.79 Å². The maximum absolute atomic E-state index is 12.0. The van der Waals surface area contributed by atoms with E-state index >= 15 is 0 Å². The standard InChI is InChI=1S/C20H15N3O/c21-20(24)19-18-16(14-8-3-1-4-9-14)12-7-13-17(18)23(22-19)15-10-5-2-6-11-15/h1-13H,(H2,21,24). The molecule has 0 atom stereocenters. The number of benzene rings is 3. The van der Waals surface area contributed by atoms with Gasteiger partial charge in [0.2, 0.25) is 0 Å². The van der Waals surface area contributed by atoms with E-state index in [-0.39, 0.29) is 5.69 Å². The van der Waals surface area contributed by atoms with Gasteiger partial charge in [0.15, 0.2) is 5.69 Å². The fourth-order valence-electron chi connectivity index (χ4n) is 2.97. The lowest BCUT2D eigenvalue weighted by molar-refractivity contribution is 0.0996. The van der Waals surface area contributed by atoms with Crippen molar-refractivity contribution >= 4 is 16.8 Å². The topological polar surface area (TPSA) is 60.9 Å². The first-order chi connectivity index (χ1) is 11.8. The summed E-state index contributed by atoms with van der Waals surface area (Å²) in [6.45, 7) is 0. The fourth-order valence-corrected chi connectivity index (χ4v) is 2.97. The molecule has 0 aliphatic heterocycles. The summed E-state index contributed by atoms with van der Waals surface area (Å²) in [4.78, 5) is 12.0. The first kappa shape index (κ1) is 14.2. The first-order valence-corrected chi connectivity index (χ1v) is 7.68. The molecule has 4 nitrogen and oxygen atoms in total. The highest BCUT2D eigenvalue weighted by atomic mass is 16.1. The molecular formula is C20H15N3O. The lowest BCUT2D eigenvalue weighted by Crippen LogP contribution is -2.12. The quantitative estimate of drug-likeness (QED) is 0.625. The number of rotatable bonds is 3. The van der Waals surface area contributed by atoms with Gasteiger partial charge in [0.05, 0.1) is 11.2 Å². The molecule has 1 heterocycles. The number of nitrogens with zero attached hydrogens (tertiary/aromatic N) is 2. The van der Waals surface area contributed by atoms with Gasteiger partial charge in [-0.05, 0) is 29.3 Å². The van der Waals surface area contributed by atoms with Gasteiger partial charge in [0.25, 0.3) is 5.91 Å².